The van der Waals surface area contributed by atoms with E-state index in [1.54, 1.807) is 0 Å². The molecule has 25 heavy (non-hydrogen) atoms. The zero-order valence-corrected chi connectivity index (χ0v) is 13.2. The summed E-state index contributed by atoms with van der Waals surface area (Å²) in [5.41, 5.74) is -1.72. The summed E-state index contributed by atoms with van der Waals surface area (Å²) in [6.07, 6.45) is -4.78. The third-order valence-corrected chi connectivity index (χ3v) is 3.46. The molecule has 0 fully saturated rings. The lowest BCUT2D eigenvalue weighted by Crippen LogP contribution is -2.31. The molecule has 0 aromatic heterocycles. The molecule has 2 aromatic carbocycles. The fourth-order valence-electron chi connectivity index (χ4n) is 2.37. The first kappa shape index (κ1) is 18.5. The van der Waals surface area contributed by atoms with Gasteiger partial charge in [-0.25, -0.2) is 4.39 Å². The Bertz CT molecular complexity index is 833. The zero-order valence-electron chi connectivity index (χ0n) is 13.2. The minimum atomic E-state index is -4.78. The standard InChI is InChI=1S/C16H13F4NO4/c1-24-11-6-4-8-9(14(11)16(18,19)20)3-5-10(17)13(8)15(23)21-7-12(22)25-2/h3-6H,7H2,1-2H3,(H,21,23). The third kappa shape index (κ3) is 3.65. The smallest absolute Gasteiger partial charge is 0.420 e. The Balaban J connectivity index is 2.64. The molecule has 0 heterocycles. The third-order valence-electron chi connectivity index (χ3n) is 3.46. The molecule has 5 nitrogen and oxygen atoms in total. The number of ether oxygens (including phenoxy) is 2. The second kappa shape index (κ2) is 6.96. The molecular formula is C16H13F4NO4. The summed E-state index contributed by atoms with van der Waals surface area (Å²) in [7, 11) is 2.17. The Morgan fingerprint density at radius 1 is 1.08 bits per heavy atom. The Hall–Kier alpha value is -2.84. The molecule has 0 aliphatic rings. The number of hydrogen-bond donors (Lipinski definition) is 1. The van der Waals surface area contributed by atoms with E-state index in [-0.39, 0.29) is 5.39 Å². The van der Waals surface area contributed by atoms with E-state index < -0.39 is 52.7 Å². The fraction of sp³-hybridized carbons (Fsp3) is 0.250. The maximum absolute atomic E-state index is 14.1. The van der Waals surface area contributed by atoms with Crippen molar-refractivity contribution >= 4 is 22.6 Å². The Labute approximate surface area is 139 Å². The number of carbonyl (C=O) groups is 2. The van der Waals surface area contributed by atoms with Crippen LogP contribution in [-0.2, 0) is 15.7 Å². The van der Waals surface area contributed by atoms with Crippen LogP contribution in [0.25, 0.3) is 10.8 Å². The van der Waals surface area contributed by atoms with E-state index in [4.69, 9.17) is 4.74 Å². The molecular weight excluding hydrogens is 346 g/mol. The molecule has 9 heteroatoms. The van der Waals surface area contributed by atoms with Gasteiger partial charge in [0, 0.05) is 0 Å². The highest BCUT2D eigenvalue weighted by molar-refractivity contribution is 6.09. The van der Waals surface area contributed by atoms with Crippen LogP contribution in [0.2, 0.25) is 0 Å². The van der Waals surface area contributed by atoms with Crippen molar-refractivity contribution in [2.45, 2.75) is 6.18 Å². The first-order valence-electron chi connectivity index (χ1n) is 6.92. The van der Waals surface area contributed by atoms with Gasteiger partial charge in [-0.05, 0) is 29.0 Å². The quantitative estimate of drug-likeness (QED) is 0.674. The van der Waals surface area contributed by atoms with Crippen molar-refractivity contribution in [2.75, 3.05) is 20.8 Å². The van der Waals surface area contributed by atoms with Gasteiger partial charge in [0.05, 0.1) is 19.8 Å². The highest BCUT2D eigenvalue weighted by atomic mass is 19.4. The van der Waals surface area contributed by atoms with Gasteiger partial charge in [-0.3, -0.25) is 9.59 Å². The summed E-state index contributed by atoms with van der Waals surface area (Å²) in [5, 5.41) is 1.46. The van der Waals surface area contributed by atoms with Gasteiger partial charge in [-0.15, -0.1) is 0 Å². The summed E-state index contributed by atoms with van der Waals surface area (Å²) >= 11 is 0. The molecule has 0 saturated heterocycles. The lowest BCUT2D eigenvalue weighted by Gasteiger charge is -2.16. The number of nitrogens with one attached hydrogen (secondary N) is 1. The number of halogens is 4. The first-order chi connectivity index (χ1) is 11.7. The summed E-state index contributed by atoms with van der Waals surface area (Å²) in [6.45, 7) is -0.548. The molecule has 0 atom stereocenters. The van der Waals surface area contributed by atoms with Crippen molar-refractivity contribution in [2.24, 2.45) is 0 Å². The molecule has 2 rings (SSSR count). The second-order valence-corrected chi connectivity index (χ2v) is 4.92. The van der Waals surface area contributed by atoms with Crippen molar-refractivity contribution in [3.05, 3.63) is 41.2 Å². The van der Waals surface area contributed by atoms with Gasteiger partial charge in [0.1, 0.15) is 23.7 Å². The maximum Gasteiger partial charge on any atom is 0.420 e. The van der Waals surface area contributed by atoms with E-state index in [0.717, 1.165) is 38.5 Å². The lowest BCUT2D eigenvalue weighted by atomic mass is 9.98. The van der Waals surface area contributed by atoms with Crippen LogP contribution in [0, 0.1) is 5.82 Å². The van der Waals surface area contributed by atoms with E-state index in [2.05, 4.69) is 10.1 Å². The van der Waals surface area contributed by atoms with Crippen LogP contribution in [0.3, 0.4) is 0 Å². The van der Waals surface area contributed by atoms with Crippen molar-refractivity contribution in [3.63, 3.8) is 0 Å². The van der Waals surface area contributed by atoms with Gasteiger partial charge in [-0.1, -0.05) is 6.07 Å². The molecule has 0 bridgehead atoms. The van der Waals surface area contributed by atoms with Crippen molar-refractivity contribution < 1.29 is 36.6 Å². The average molecular weight is 359 g/mol. The molecule has 1 amide bonds. The number of hydrogen-bond acceptors (Lipinski definition) is 4. The minimum absolute atomic E-state index is 0.254. The van der Waals surface area contributed by atoms with Gasteiger partial charge in [0.15, 0.2) is 0 Å². The molecule has 0 radical (unpaired) electrons. The van der Waals surface area contributed by atoms with Crippen molar-refractivity contribution in [1.29, 1.82) is 0 Å². The minimum Gasteiger partial charge on any atom is -0.496 e. The van der Waals surface area contributed by atoms with Crippen LogP contribution in [0.1, 0.15) is 15.9 Å². The van der Waals surface area contributed by atoms with Gasteiger partial charge in [0.25, 0.3) is 5.91 Å². The number of alkyl halides is 3. The second-order valence-electron chi connectivity index (χ2n) is 4.92. The van der Waals surface area contributed by atoms with Crippen LogP contribution < -0.4 is 10.1 Å². The normalized spacial score (nSPS) is 11.3. The molecule has 0 saturated carbocycles. The number of esters is 1. The zero-order chi connectivity index (χ0) is 18.8. The Kier molecular flexibility index (Phi) is 5.15. The number of methoxy groups -OCH3 is 2. The van der Waals surface area contributed by atoms with E-state index in [0.29, 0.717) is 0 Å². The van der Waals surface area contributed by atoms with E-state index in [9.17, 15) is 27.2 Å². The van der Waals surface area contributed by atoms with E-state index in [1.807, 2.05) is 0 Å². The Morgan fingerprint density at radius 3 is 2.28 bits per heavy atom. The molecule has 1 N–H and O–H groups in total. The highest BCUT2D eigenvalue weighted by Gasteiger charge is 2.37. The number of benzene rings is 2. The average Bonchev–Trinajstić information content (AvgIpc) is 2.57. The summed E-state index contributed by atoms with van der Waals surface area (Å²) in [5.74, 6) is -3.29. The fourth-order valence-corrected chi connectivity index (χ4v) is 2.37. The van der Waals surface area contributed by atoms with Gasteiger partial charge in [-0.2, -0.15) is 13.2 Å². The van der Waals surface area contributed by atoms with Crippen molar-refractivity contribution in [3.8, 4) is 5.75 Å². The first-order valence-corrected chi connectivity index (χ1v) is 6.92. The van der Waals surface area contributed by atoms with E-state index >= 15 is 0 Å². The van der Waals surface area contributed by atoms with Crippen LogP contribution in [0.5, 0.6) is 5.75 Å². The van der Waals surface area contributed by atoms with Crippen molar-refractivity contribution in [1.82, 2.24) is 5.32 Å². The number of amides is 1. The molecule has 0 aliphatic heterocycles. The molecule has 0 unspecified atom stereocenters. The number of rotatable bonds is 4. The van der Waals surface area contributed by atoms with Crippen LogP contribution in [0.4, 0.5) is 17.6 Å². The molecule has 2 aromatic rings. The summed E-state index contributed by atoms with van der Waals surface area (Å²) < 4.78 is 63.3. The molecule has 0 aliphatic carbocycles. The molecule has 134 valence electrons. The summed E-state index contributed by atoms with van der Waals surface area (Å²) in [6, 6.07) is 3.83. The van der Waals surface area contributed by atoms with Crippen LogP contribution >= 0.6 is 0 Å². The monoisotopic (exact) mass is 359 g/mol. The molecule has 0 spiro atoms. The predicted molar refractivity (Wildman–Crippen MR) is 79.8 cm³/mol. The summed E-state index contributed by atoms with van der Waals surface area (Å²) in [4.78, 5) is 23.2. The predicted octanol–water partition coefficient (Wildman–Crippen LogP) is 2.91. The van der Waals surface area contributed by atoms with Gasteiger partial charge >= 0.3 is 12.1 Å². The Morgan fingerprint density at radius 2 is 1.72 bits per heavy atom. The maximum atomic E-state index is 14.1. The van der Waals surface area contributed by atoms with Gasteiger partial charge < -0.3 is 14.8 Å². The highest BCUT2D eigenvalue weighted by Crippen LogP contribution is 2.42. The number of carbonyl (C=O) groups excluding carboxylic acids is 2. The largest absolute Gasteiger partial charge is 0.496 e. The van der Waals surface area contributed by atoms with Crippen LogP contribution in [-0.4, -0.2) is 32.6 Å². The van der Waals surface area contributed by atoms with Gasteiger partial charge in [0.2, 0.25) is 0 Å². The SMILES string of the molecule is COC(=O)CNC(=O)c1c(F)ccc2c(C(F)(F)F)c(OC)ccc12. The number of fused-ring (bicyclic) bond motifs is 1. The lowest BCUT2D eigenvalue weighted by molar-refractivity contribution is -0.139. The van der Waals surface area contributed by atoms with Crippen LogP contribution in [0.15, 0.2) is 24.3 Å². The van der Waals surface area contributed by atoms with E-state index in [1.165, 1.54) is 0 Å². The topological polar surface area (TPSA) is 64.6 Å².